The molecule has 0 radical (unpaired) electrons. The van der Waals surface area contributed by atoms with Gasteiger partial charge in [-0.15, -0.1) is 0 Å². The fourth-order valence-electron chi connectivity index (χ4n) is 2.59. The van der Waals surface area contributed by atoms with Gasteiger partial charge in [-0.05, 0) is 16.3 Å². The fourth-order valence-corrected chi connectivity index (χ4v) is 2.59. The summed E-state index contributed by atoms with van der Waals surface area (Å²) in [7, 11) is 1.23. The number of hydrogen-bond acceptors (Lipinski definition) is 4. The summed E-state index contributed by atoms with van der Waals surface area (Å²) in [6.07, 6.45) is 1.33. The lowest BCUT2D eigenvalue weighted by Gasteiger charge is -2.06. The Morgan fingerprint density at radius 3 is 2.70 bits per heavy atom. The quantitative estimate of drug-likeness (QED) is 0.745. The van der Waals surface area contributed by atoms with Crippen molar-refractivity contribution in [2.24, 2.45) is 0 Å². The van der Waals surface area contributed by atoms with Crippen molar-refractivity contribution < 1.29 is 14.6 Å². The maximum absolute atomic E-state index is 12.3. The summed E-state index contributed by atoms with van der Waals surface area (Å²) in [4.78, 5) is 23.7. The number of hydrogen-bond donors (Lipinski definition) is 1. The maximum Gasteiger partial charge on any atom is 0.331 e. The third kappa shape index (κ3) is 2.83. The summed E-state index contributed by atoms with van der Waals surface area (Å²) >= 11 is 0. The van der Waals surface area contributed by atoms with Crippen LogP contribution in [0.3, 0.4) is 0 Å². The molecular formula is C17H16N2O4. The van der Waals surface area contributed by atoms with Gasteiger partial charge < -0.3 is 9.84 Å². The molecule has 6 nitrogen and oxygen atoms in total. The number of esters is 1. The first-order valence-electron chi connectivity index (χ1n) is 7.12. The molecule has 3 rings (SSSR count). The minimum atomic E-state index is -0.592. The molecule has 1 N–H and O–H groups in total. The van der Waals surface area contributed by atoms with Crippen molar-refractivity contribution in [2.75, 3.05) is 7.11 Å². The van der Waals surface area contributed by atoms with E-state index in [0.717, 1.165) is 20.9 Å². The second-order valence-corrected chi connectivity index (χ2v) is 5.20. The van der Waals surface area contributed by atoms with Crippen LogP contribution in [0.15, 0.2) is 53.5 Å². The number of fused-ring (bicyclic) bond motifs is 1. The Labute approximate surface area is 132 Å². The van der Waals surface area contributed by atoms with Gasteiger partial charge in [0, 0.05) is 0 Å². The third-order valence-electron chi connectivity index (χ3n) is 3.76. The number of ether oxygens (including phenoxy) is 1. The zero-order chi connectivity index (χ0) is 16.4. The number of imidazole rings is 1. The number of aromatic nitrogens is 2. The maximum atomic E-state index is 12.3. The molecule has 0 saturated carbocycles. The number of rotatable bonds is 4. The first-order valence-corrected chi connectivity index (χ1v) is 7.12. The highest BCUT2D eigenvalue weighted by molar-refractivity contribution is 5.85. The summed E-state index contributed by atoms with van der Waals surface area (Å²) < 4.78 is 6.89. The van der Waals surface area contributed by atoms with Crippen molar-refractivity contribution in [3.05, 3.63) is 64.7 Å². The molecule has 0 atom stereocenters. The monoisotopic (exact) mass is 312 g/mol. The lowest BCUT2D eigenvalue weighted by Crippen LogP contribution is -2.27. The largest absolute Gasteiger partial charge is 0.493 e. The molecule has 2 aromatic carbocycles. The van der Waals surface area contributed by atoms with Gasteiger partial charge in [-0.2, -0.15) is 0 Å². The van der Waals surface area contributed by atoms with E-state index < -0.39 is 11.7 Å². The van der Waals surface area contributed by atoms with E-state index in [1.165, 1.54) is 17.9 Å². The van der Waals surface area contributed by atoms with Crippen molar-refractivity contribution in [3.8, 4) is 5.88 Å². The van der Waals surface area contributed by atoms with Crippen molar-refractivity contribution in [3.63, 3.8) is 0 Å². The minimum Gasteiger partial charge on any atom is -0.493 e. The van der Waals surface area contributed by atoms with Crippen LogP contribution in [0.25, 0.3) is 10.8 Å². The van der Waals surface area contributed by atoms with Gasteiger partial charge in [0.15, 0.2) is 0 Å². The molecule has 0 bridgehead atoms. The van der Waals surface area contributed by atoms with E-state index in [4.69, 9.17) is 0 Å². The smallest absolute Gasteiger partial charge is 0.331 e. The first-order chi connectivity index (χ1) is 11.1. The molecule has 6 heteroatoms. The van der Waals surface area contributed by atoms with E-state index >= 15 is 0 Å². The number of nitrogens with zero attached hydrogens (tertiary/aromatic N) is 2. The predicted molar refractivity (Wildman–Crippen MR) is 85.4 cm³/mol. The van der Waals surface area contributed by atoms with Crippen LogP contribution in [0.5, 0.6) is 5.88 Å². The van der Waals surface area contributed by atoms with Crippen LogP contribution in [0.1, 0.15) is 5.56 Å². The predicted octanol–water partition coefficient (Wildman–Crippen LogP) is 1.73. The van der Waals surface area contributed by atoms with E-state index in [1.807, 2.05) is 42.5 Å². The Morgan fingerprint density at radius 2 is 1.91 bits per heavy atom. The number of methoxy groups -OCH3 is 1. The Bertz CT molecular complexity index is 918. The average molecular weight is 312 g/mol. The zero-order valence-electron chi connectivity index (χ0n) is 12.6. The SMILES string of the molecule is COC(=O)Cn1c(O)cn(Cc2cccc3ccccc23)c1=O. The number of aromatic hydroxyl groups is 1. The molecule has 0 saturated heterocycles. The Balaban J connectivity index is 1.98. The summed E-state index contributed by atoms with van der Waals surface area (Å²) in [6, 6.07) is 13.7. The second kappa shape index (κ2) is 6.00. The second-order valence-electron chi connectivity index (χ2n) is 5.20. The molecule has 0 aliphatic heterocycles. The molecule has 1 heterocycles. The van der Waals surface area contributed by atoms with Gasteiger partial charge >= 0.3 is 11.7 Å². The molecule has 3 aromatic rings. The Morgan fingerprint density at radius 1 is 1.17 bits per heavy atom. The Kier molecular flexibility index (Phi) is 3.89. The molecule has 0 aliphatic carbocycles. The lowest BCUT2D eigenvalue weighted by molar-refractivity contribution is -0.141. The number of benzene rings is 2. The van der Waals surface area contributed by atoms with Crippen molar-refractivity contribution in [2.45, 2.75) is 13.1 Å². The summed E-state index contributed by atoms with van der Waals surface area (Å²) in [5, 5.41) is 12.0. The normalized spacial score (nSPS) is 10.8. The molecule has 0 aliphatic rings. The van der Waals surface area contributed by atoms with Crippen LogP contribution in [0.4, 0.5) is 0 Å². The van der Waals surface area contributed by atoms with Crippen LogP contribution in [0.2, 0.25) is 0 Å². The molecule has 1 aromatic heterocycles. The summed E-state index contributed by atoms with van der Waals surface area (Å²) in [6.45, 7) is -0.00831. The Hall–Kier alpha value is -3.02. The van der Waals surface area contributed by atoms with Crippen LogP contribution in [0, 0.1) is 0 Å². The third-order valence-corrected chi connectivity index (χ3v) is 3.76. The van der Waals surface area contributed by atoms with E-state index in [1.54, 1.807) is 0 Å². The highest BCUT2D eigenvalue weighted by Gasteiger charge is 2.14. The summed E-state index contributed by atoms with van der Waals surface area (Å²) in [5.41, 5.74) is 0.501. The highest BCUT2D eigenvalue weighted by atomic mass is 16.5. The van der Waals surface area contributed by atoms with Crippen molar-refractivity contribution >= 4 is 16.7 Å². The highest BCUT2D eigenvalue weighted by Crippen LogP contribution is 2.19. The molecule has 0 spiro atoms. The van der Waals surface area contributed by atoms with Crippen LogP contribution in [-0.2, 0) is 22.6 Å². The molecular weight excluding hydrogens is 296 g/mol. The standard InChI is InChI=1S/C17H16N2O4/c1-23-16(21)11-19-15(20)10-18(17(19)22)9-13-7-4-6-12-5-2-3-8-14(12)13/h2-8,10,20H,9,11H2,1H3. The topological polar surface area (TPSA) is 73.5 Å². The number of carbonyl (C=O) groups excluding carboxylic acids is 1. The lowest BCUT2D eigenvalue weighted by atomic mass is 10.0. The van der Waals surface area contributed by atoms with Crippen molar-refractivity contribution in [1.29, 1.82) is 0 Å². The molecule has 0 amide bonds. The van der Waals surface area contributed by atoms with Gasteiger partial charge in [0.1, 0.15) is 6.54 Å². The van der Waals surface area contributed by atoms with Crippen LogP contribution < -0.4 is 5.69 Å². The van der Waals surface area contributed by atoms with E-state index in [2.05, 4.69) is 4.74 Å². The molecule has 0 unspecified atom stereocenters. The van der Waals surface area contributed by atoms with Gasteiger partial charge in [0.2, 0.25) is 5.88 Å². The van der Waals surface area contributed by atoms with E-state index in [0.29, 0.717) is 6.54 Å². The van der Waals surface area contributed by atoms with Gasteiger partial charge in [0.25, 0.3) is 0 Å². The molecule has 23 heavy (non-hydrogen) atoms. The van der Waals surface area contributed by atoms with E-state index in [9.17, 15) is 14.7 Å². The van der Waals surface area contributed by atoms with Gasteiger partial charge in [0.05, 0.1) is 19.9 Å². The number of carbonyl (C=O) groups is 1. The zero-order valence-corrected chi connectivity index (χ0v) is 12.6. The van der Waals surface area contributed by atoms with Crippen molar-refractivity contribution in [1.82, 2.24) is 9.13 Å². The van der Waals surface area contributed by atoms with Gasteiger partial charge in [-0.1, -0.05) is 42.5 Å². The average Bonchev–Trinajstić information content (AvgIpc) is 2.82. The van der Waals surface area contributed by atoms with Gasteiger partial charge in [-0.3, -0.25) is 13.9 Å². The van der Waals surface area contributed by atoms with Gasteiger partial charge in [-0.25, -0.2) is 4.79 Å². The molecule has 0 fully saturated rings. The fraction of sp³-hybridized carbons (Fsp3) is 0.176. The van der Waals surface area contributed by atoms with Crippen LogP contribution >= 0.6 is 0 Å². The summed E-state index contributed by atoms with van der Waals surface area (Å²) in [5.74, 6) is -0.856. The first kappa shape index (κ1) is 14.9. The minimum absolute atomic E-state index is 0.263. The molecule has 118 valence electrons. The van der Waals surface area contributed by atoms with E-state index in [-0.39, 0.29) is 12.4 Å². The van der Waals surface area contributed by atoms with Crippen LogP contribution in [-0.4, -0.2) is 27.3 Å².